The molecule has 1 aliphatic rings. The van der Waals surface area contributed by atoms with Crippen LogP contribution in [0.25, 0.3) is 0 Å². The largest absolute Gasteiger partial charge is 0.480 e. The van der Waals surface area contributed by atoms with E-state index in [0.717, 1.165) is 6.42 Å². The number of aliphatic carboxylic acids is 1. The van der Waals surface area contributed by atoms with Crippen molar-refractivity contribution in [2.45, 2.75) is 38.8 Å². The van der Waals surface area contributed by atoms with Gasteiger partial charge < -0.3 is 15.7 Å². The number of carboxylic acid groups (broad SMARTS) is 1. The second kappa shape index (κ2) is 4.61. The van der Waals surface area contributed by atoms with Crippen LogP contribution in [0.15, 0.2) is 0 Å². The summed E-state index contributed by atoms with van der Waals surface area (Å²) in [5, 5.41) is 8.92. The van der Waals surface area contributed by atoms with E-state index in [1.807, 2.05) is 13.8 Å². The molecular weight excluding hydrogens is 196 g/mol. The van der Waals surface area contributed by atoms with Gasteiger partial charge in [-0.2, -0.15) is 0 Å². The first-order valence-corrected chi connectivity index (χ1v) is 5.24. The zero-order chi connectivity index (χ0) is 11.6. The molecule has 0 bridgehead atoms. The molecule has 15 heavy (non-hydrogen) atoms. The highest BCUT2D eigenvalue weighted by Gasteiger charge is 2.36. The molecule has 0 aromatic rings. The second-order valence-corrected chi connectivity index (χ2v) is 4.30. The molecule has 1 amide bonds. The predicted molar refractivity (Wildman–Crippen MR) is 55.2 cm³/mol. The molecule has 2 atom stereocenters. The Hall–Kier alpha value is -1.10. The van der Waals surface area contributed by atoms with Gasteiger partial charge in [-0.25, -0.2) is 4.79 Å². The van der Waals surface area contributed by atoms with Crippen LogP contribution in [-0.4, -0.2) is 40.5 Å². The van der Waals surface area contributed by atoms with Crippen LogP contribution in [0.4, 0.5) is 0 Å². The zero-order valence-electron chi connectivity index (χ0n) is 9.14. The van der Waals surface area contributed by atoms with E-state index in [1.165, 1.54) is 4.90 Å². The van der Waals surface area contributed by atoms with Crippen molar-refractivity contribution in [1.82, 2.24) is 4.90 Å². The maximum Gasteiger partial charge on any atom is 0.326 e. The molecular formula is C10H18N2O3. The van der Waals surface area contributed by atoms with Crippen LogP contribution < -0.4 is 5.73 Å². The van der Waals surface area contributed by atoms with Gasteiger partial charge >= 0.3 is 5.97 Å². The van der Waals surface area contributed by atoms with E-state index in [9.17, 15) is 9.59 Å². The lowest BCUT2D eigenvalue weighted by molar-refractivity contribution is -0.149. The molecule has 3 N–H and O–H groups in total. The summed E-state index contributed by atoms with van der Waals surface area (Å²) in [5.74, 6) is -1.14. The van der Waals surface area contributed by atoms with Crippen molar-refractivity contribution in [3.05, 3.63) is 0 Å². The van der Waals surface area contributed by atoms with E-state index in [0.29, 0.717) is 13.0 Å². The van der Waals surface area contributed by atoms with Crippen molar-refractivity contribution < 1.29 is 14.7 Å². The predicted octanol–water partition coefficient (Wildman–Crippen LogP) is 0.0453. The molecule has 5 nitrogen and oxygen atoms in total. The third kappa shape index (κ3) is 2.47. The highest BCUT2D eigenvalue weighted by molar-refractivity contribution is 5.87. The molecule has 0 spiro atoms. The Morgan fingerprint density at radius 2 is 2.07 bits per heavy atom. The molecule has 1 unspecified atom stereocenters. The number of amides is 1. The van der Waals surface area contributed by atoms with Gasteiger partial charge in [0.15, 0.2) is 0 Å². The molecule has 1 aliphatic heterocycles. The maximum absolute atomic E-state index is 11.8. The molecule has 0 aliphatic carbocycles. The van der Waals surface area contributed by atoms with Crippen LogP contribution >= 0.6 is 0 Å². The lowest BCUT2D eigenvalue weighted by atomic mass is 10.0. The SMILES string of the molecule is CC(C)[C@@H](N)C(=O)N1CCCC1C(=O)O. The molecule has 0 radical (unpaired) electrons. The Morgan fingerprint density at radius 1 is 1.47 bits per heavy atom. The summed E-state index contributed by atoms with van der Waals surface area (Å²) in [7, 11) is 0. The molecule has 0 saturated carbocycles. The summed E-state index contributed by atoms with van der Waals surface area (Å²) in [5.41, 5.74) is 5.72. The Bertz CT molecular complexity index is 265. The molecule has 1 saturated heterocycles. The van der Waals surface area contributed by atoms with Gasteiger partial charge in [0.2, 0.25) is 5.91 Å². The van der Waals surface area contributed by atoms with Gasteiger partial charge in [-0.1, -0.05) is 13.8 Å². The number of nitrogens with two attached hydrogens (primary N) is 1. The Kier molecular flexibility index (Phi) is 3.68. The minimum atomic E-state index is -0.934. The van der Waals surface area contributed by atoms with E-state index in [4.69, 9.17) is 10.8 Å². The van der Waals surface area contributed by atoms with Gasteiger partial charge in [0.25, 0.3) is 0 Å². The number of hydrogen-bond donors (Lipinski definition) is 2. The van der Waals surface area contributed by atoms with Gasteiger partial charge in [-0.3, -0.25) is 4.79 Å². The third-order valence-electron chi connectivity index (χ3n) is 2.82. The average molecular weight is 214 g/mol. The summed E-state index contributed by atoms with van der Waals surface area (Å²) in [6.07, 6.45) is 1.28. The van der Waals surface area contributed by atoms with Crippen molar-refractivity contribution in [1.29, 1.82) is 0 Å². The molecule has 0 aromatic carbocycles. The van der Waals surface area contributed by atoms with Crippen LogP contribution in [0, 0.1) is 5.92 Å². The van der Waals surface area contributed by atoms with Crippen molar-refractivity contribution in [3.8, 4) is 0 Å². The summed E-state index contributed by atoms with van der Waals surface area (Å²) < 4.78 is 0. The normalized spacial score (nSPS) is 23.2. The van der Waals surface area contributed by atoms with Crippen molar-refractivity contribution >= 4 is 11.9 Å². The minimum Gasteiger partial charge on any atom is -0.480 e. The Labute approximate surface area is 89.2 Å². The standard InChI is InChI=1S/C10H18N2O3/c1-6(2)8(11)9(13)12-5-3-4-7(12)10(14)15/h6-8H,3-5,11H2,1-2H3,(H,14,15)/t7?,8-/m1/s1. The van der Waals surface area contributed by atoms with Crippen LogP contribution in [0.3, 0.4) is 0 Å². The quantitative estimate of drug-likeness (QED) is 0.695. The van der Waals surface area contributed by atoms with Crippen LogP contribution in [-0.2, 0) is 9.59 Å². The van der Waals surface area contributed by atoms with Crippen LogP contribution in [0.2, 0.25) is 0 Å². The molecule has 1 heterocycles. The first-order chi connectivity index (χ1) is 6.95. The molecule has 1 rings (SSSR count). The van der Waals surface area contributed by atoms with Crippen molar-refractivity contribution in [2.24, 2.45) is 11.7 Å². The number of carboxylic acids is 1. The lowest BCUT2D eigenvalue weighted by Gasteiger charge is -2.26. The number of carbonyl (C=O) groups is 2. The van der Waals surface area contributed by atoms with E-state index in [2.05, 4.69) is 0 Å². The van der Waals surface area contributed by atoms with Gasteiger partial charge in [-0.05, 0) is 18.8 Å². The first kappa shape index (κ1) is 12.0. The van der Waals surface area contributed by atoms with Crippen molar-refractivity contribution in [3.63, 3.8) is 0 Å². The monoisotopic (exact) mass is 214 g/mol. The fourth-order valence-electron chi connectivity index (χ4n) is 1.76. The number of rotatable bonds is 3. The van der Waals surface area contributed by atoms with E-state index >= 15 is 0 Å². The Balaban J connectivity index is 2.70. The Morgan fingerprint density at radius 3 is 2.53 bits per heavy atom. The zero-order valence-corrected chi connectivity index (χ0v) is 9.14. The van der Waals surface area contributed by atoms with Gasteiger partial charge in [-0.15, -0.1) is 0 Å². The smallest absolute Gasteiger partial charge is 0.326 e. The van der Waals surface area contributed by atoms with E-state index in [-0.39, 0.29) is 11.8 Å². The number of hydrogen-bond acceptors (Lipinski definition) is 3. The molecule has 86 valence electrons. The van der Waals surface area contributed by atoms with Gasteiger partial charge in [0.05, 0.1) is 6.04 Å². The minimum absolute atomic E-state index is 0.0348. The number of carbonyl (C=O) groups excluding carboxylic acids is 1. The van der Waals surface area contributed by atoms with Crippen LogP contribution in [0.5, 0.6) is 0 Å². The molecule has 1 fully saturated rings. The number of nitrogens with zero attached hydrogens (tertiary/aromatic N) is 1. The molecule has 0 aromatic heterocycles. The maximum atomic E-state index is 11.8. The summed E-state index contributed by atoms with van der Waals surface area (Å²) in [6, 6.07) is -1.27. The van der Waals surface area contributed by atoms with Crippen LogP contribution in [0.1, 0.15) is 26.7 Å². The van der Waals surface area contributed by atoms with E-state index < -0.39 is 18.1 Å². The topological polar surface area (TPSA) is 83.6 Å². The summed E-state index contributed by atoms with van der Waals surface area (Å²) >= 11 is 0. The highest BCUT2D eigenvalue weighted by atomic mass is 16.4. The highest BCUT2D eigenvalue weighted by Crippen LogP contribution is 2.19. The lowest BCUT2D eigenvalue weighted by Crippen LogP contribution is -2.50. The molecule has 5 heteroatoms. The summed E-state index contributed by atoms with van der Waals surface area (Å²) in [4.78, 5) is 24.1. The van der Waals surface area contributed by atoms with Gasteiger partial charge in [0, 0.05) is 6.54 Å². The summed E-state index contributed by atoms with van der Waals surface area (Å²) in [6.45, 7) is 4.22. The van der Waals surface area contributed by atoms with Gasteiger partial charge in [0.1, 0.15) is 6.04 Å². The van der Waals surface area contributed by atoms with E-state index in [1.54, 1.807) is 0 Å². The van der Waals surface area contributed by atoms with Crippen molar-refractivity contribution in [2.75, 3.05) is 6.54 Å². The average Bonchev–Trinajstić information content (AvgIpc) is 2.63. The third-order valence-corrected chi connectivity index (χ3v) is 2.82. The fourth-order valence-corrected chi connectivity index (χ4v) is 1.76. The number of likely N-dealkylation sites (tertiary alicyclic amines) is 1. The second-order valence-electron chi connectivity index (χ2n) is 4.30. The fraction of sp³-hybridized carbons (Fsp3) is 0.800. The first-order valence-electron chi connectivity index (χ1n) is 5.24.